The van der Waals surface area contributed by atoms with Crippen LogP contribution in [-0.2, 0) is 16.0 Å². The number of ether oxygens (including phenoxy) is 3. The van der Waals surface area contributed by atoms with Crippen LogP contribution in [0.1, 0.15) is 52.2 Å². The summed E-state index contributed by atoms with van der Waals surface area (Å²) in [6.07, 6.45) is 0.792. The predicted octanol–water partition coefficient (Wildman–Crippen LogP) is 5.17. The number of benzene rings is 2. The average Bonchev–Trinajstić information content (AvgIpc) is 3.43. The molecule has 7 nitrogen and oxygen atoms in total. The molecule has 0 N–H and O–H groups in total. The molecule has 2 amide bonds. The maximum atomic E-state index is 13.7. The molecule has 4 rings (SSSR count). The second-order valence-electron chi connectivity index (χ2n) is 9.64. The van der Waals surface area contributed by atoms with Gasteiger partial charge >= 0.3 is 0 Å². The number of hydrogen-bond acceptors (Lipinski definition) is 6. The van der Waals surface area contributed by atoms with Crippen molar-refractivity contribution < 1.29 is 23.8 Å². The van der Waals surface area contributed by atoms with Crippen molar-refractivity contribution in [1.82, 2.24) is 9.80 Å². The quantitative estimate of drug-likeness (QED) is 0.338. The molecular formula is C30H36N2O5S. The molecule has 8 heteroatoms. The third-order valence-electron chi connectivity index (χ3n) is 6.87. The van der Waals surface area contributed by atoms with Crippen LogP contribution in [0, 0.1) is 0 Å². The zero-order valence-electron chi connectivity index (χ0n) is 22.5. The summed E-state index contributed by atoms with van der Waals surface area (Å²) in [7, 11) is 3.14. The van der Waals surface area contributed by atoms with Gasteiger partial charge in [-0.1, -0.05) is 32.0 Å². The van der Waals surface area contributed by atoms with Crippen molar-refractivity contribution in [2.45, 2.75) is 32.2 Å². The fraction of sp³-hybridized carbons (Fsp3) is 0.400. The minimum Gasteiger partial charge on any atom is -0.497 e. The molecule has 1 atom stereocenters. The summed E-state index contributed by atoms with van der Waals surface area (Å²) >= 11 is 1.71. The normalized spacial score (nSPS) is 14.8. The van der Waals surface area contributed by atoms with Crippen molar-refractivity contribution in [2.75, 3.05) is 47.1 Å². The van der Waals surface area contributed by atoms with E-state index in [4.69, 9.17) is 14.2 Å². The lowest BCUT2D eigenvalue weighted by Gasteiger charge is -2.37. The smallest absolute Gasteiger partial charge is 0.254 e. The first-order valence-corrected chi connectivity index (χ1v) is 13.8. The van der Waals surface area contributed by atoms with E-state index in [9.17, 15) is 9.59 Å². The van der Waals surface area contributed by atoms with E-state index in [-0.39, 0.29) is 24.4 Å². The Balaban J connectivity index is 1.51. The number of thiophene rings is 1. The lowest BCUT2D eigenvalue weighted by molar-refractivity contribution is -0.135. The van der Waals surface area contributed by atoms with Crippen LogP contribution in [0.2, 0.25) is 0 Å². The van der Waals surface area contributed by atoms with Crippen molar-refractivity contribution in [3.05, 3.63) is 81.5 Å². The Labute approximate surface area is 228 Å². The Hall–Kier alpha value is -3.36. The molecule has 1 unspecified atom stereocenters. The van der Waals surface area contributed by atoms with E-state index in [2.05, 4.69) is 37.4 Å². The van der Waals surface area contributed by atoms with Crippen LogP contribution < -0.4 is 9.47 Å². The van der Waals surface area contributed by atoms with Gasteiger partial charge in [0, 0.05) is 30.6 Å². The molecule has 0 bridgehead atoms. The summed E-state index contributed by atoms with van der Waals surface area (Å²) in [6.45, 7) is 5.84. The number of hydrogen-bond donors (Lipinski definition) is 0. The molecule has 1 aliphatic rings. The van der Waals surface area contributed by atoms with Gasteiger partial charge in [0.25, 0.3) is 5.91 Å². The van der Waals surface area contributed by atoms with Gasteiger partial charge in [-0.2, -0.15) is 0 Å². The average molecular weight is 537 g/mol. The fourth-order valence-corrected chi connectivity index (χ4v) is 5.57. The van der Waals surface area contributed by atoms with Crippen molar-refractivity contribution in [2.24, 2.45) is 0 Å². The number of nitrogens with zero attached hydrogens (tertiary/aromatic N) is 2. The second-order valence-corrected chi connectivity index (χ2v) is 10.6. The zero-order chi connectivity index (χ0) is 27.1. The first-order chi connectivity index (χ1) is 18.4. The van der Waals surface area contributed by atoms with Crippen molar-refractivity contribution in [3.8, 4) is 11.5 Å². The highest BCUT2D eigenvalue weighted by Gasteiger charge is 2.33. The number of amides is 2. The van der Waals surface area contributed by atoms with Gasteiger partial charge in [0.05, 0.1) is 19.8 Å². The molecule has 202 valence electrons. The molecule has 2 aromatic carbocycles. The van der Waals surface area contributed by atoms with Crippen LogP contribution in [0.15, 0.2) is 60.0 Å². The molecule has 0 saturated heterocycles. The van der Waals surface area contributed by atoms with Gasteiger partial charge in [0.2, 0.25) is 5.91 Å². The largest absolute Gasteiger partial charge is 0.497 e. The Morgan fingerprint density at radius 2 is 1.87 bits per heavy atom. The van der Waals surface area contributed by atoms with E-state index >= 15 is 0 Å². The molecule has 1 aromatic heterocycles. The lowest BCUT2D eigenvalue weighted by atomic mass is 10.00. The van der Waals surface area contributed by atoms with Crippen LogP contribution in [0.4, 0.5) is 0 Å². The van der Waals surface area contributed by atoms with E-state index in [1.165, 1.54) is 10.4 Å². The molecular weight excluding hydrogens is 500 g/mol. The summed E-state index contributed by atoms with van der Waals surface area (Å²) < 4.78 is 16.7. The second kappa shape index (κ2) is 12.9. The minimum atomic E-state index is -0.236. The lowest BCUT2D eigenvalue weighted by Crippen LogP contribution is -2.48. The van der Waals surface area contributed by atoms with Crippen LogP contribution >= 0.6 is 11.3 Å². The number of methoxy groups -OCH3 is 2. The number of carbonyl (C=O) groups excluding carboxylic acids is 2. The van der Waals surface area contributed by atoms with Gasteiger partial charge in [-0.25, -0.2) is 0 Å². The molecule has 0 radical (unpaired) electrons. The Morgan fingerprint density at radius 3 is 2.58 bits per heavy atom. The molecule has 1 aliphatic heterocycles. The van der Waals surface area contributed by atoms with Crippen LogP contribution in [0.25, 0.3) is 0 Å². The third kappa shape index (κ3) is 6.55. The summed E-state index contributed by atoms with van der Waals surface area (Å²) in [4.78, 5) is 31.8. The van der Waals surface area contributed by atoms with Gasteiger partial charge in [-0.3, -0.25) is 9.59 Å². The third-order valence-corrected chi connectivity index (χ3v) is 7.86. The van der Waals surface area contributed by atoms with E-state index in [0.717, 1.165) is 17.7 Å². The Morgan fingerprint density at radius 1 is 1.08 bits per heavy atom. The highest BCUT2D eigenvalue weighted by molar-refractivity contribution is 7.10. The van der Waals surface area contributed by atoms with Crippen LogP contribution in [0.5, 0.6) is 11.5 Å². The predicted molar refractivity (Wildman–Crippen MR) is 149 cm³/mol. The minimum absolute atomic E-state index is 0.0432. The molecule has 2 heterocycles. The van der Waals surface area contributed by atoms with Gasteiger partial charge in [-0.15, -0.1) is 11.3 Å². The Bertz CT molecular complexity index is 1220. The first-order valence-electron chi connectivity index (χ1n) is 12.9. The van der Waals surface area contributed by atoms with E-state index in [1.807, 2.05) is 17.0 Å². The number of fused-ring (bicyclic) bond motifs is 1. The molecule has 0 saturated carbocycles. The van der Waals surface area contributed by atoms with Crippen LogP contribution in [-0.4, -0.2) is 68.7 Å². The standard InChI is InChI=1S/C30H36N2O5S/c1-21(2)22-8-10-24(11-9-22)37-20-27-26-13-17-38-28(26)12-14-32(27)29(33)19-31(15-16-35-3)30(34)23-6-5-7-25(18-23)36-4/h5-11,13,17-18,21,27H,12,14-16,19-20H2,1-4H3. The molecule has 0 aliphatic carbocycles. The van der Waals surface area contributed by atoms with E-state index in [1.54, 1.807) is 54.7 Å². The maximum absolute atomic E-state index is 13.7. The monoisotopic (exact) mass is 536 g/mol. The SMILES string of the molecule is COCCN(CC(=O)N1CCc2sccc2C1COc1ccc(C(C)C)cc1)C(=O)c1cccc(OC)c1. The van der Waals surface area contributed by atoms with Crippen molar-refractivity contribution in [3.63, 3.8) is 0 Å². The first kappa shape index (κ1) is 27.7. The van der Waals surface area contributed by atoms with Gasteiger partial charge < -0.3 is 24.0 Å². The van der Waals surface area contributed by atoms with Crippen molar-refractivity contribution >= 4 is 23.2 Å². The van der Waals surface area contributed by atoms with Crippen molar-refractivity contribution in [1.29, 1.82) is 0 Å². The Kier molecular flexibility index (Phi) is 9.42. The molecule has 38 heavy (non-hydrogen) atoms. The highest BCUT2D eigenvalue weighted by Crippen LogP contribution is 2.34. The van der Waals surface area contributed by atoms with Gasteiger partial charge in [-0.05, 0) is 65.2 Å². The maximum Gasteiger partial charge on any atom is 0.254 e. The topological polar surface area (TPSA) is 68.3 Å². The summed E-state index contributed by atoms with van der Waals surface area (Å²) in [6, 6.07) is 17.0. The molecule has 0 fully saturated rings. The van der Waals surface area contributed by atoms with Crippen LogP contribution in [0.3, 0.4) is 0 Å². The van der Waals surface area contributed by atoms with E-state index < -0.39 is 0 Å². The summed E-state index contributed by atoms with van der Waals surface area (Å²) in [5.74, 6) is 1.47. The number of carbonyl (C=O) groups is 2. The van der Waals surface area contributed by atoms with Gasteiger partial charge in [0.15, 0.2) is 0 Å². The molecule has 3 aromatic rings. The number of rotatable bonds is 11. The van der Waals surface area contributed by atoms with Gasteiger partial charge in [0.1, 0.15) is 24.7 Å². The fourth-order valence-electron chi connectivity index (χ4n) is 4.65. The zero-order valence-corrected chi connectivity index (χ0v) is 23.3. The summed E-state index contributed by atoms with van der Waals surface area (Å²) in [5.41, 5.74) is 2.84. The molecule has 0 spiro atoms. The highest BCUT2D eigenvalue weighted by atomic mass is 32.1. The van der Waals surface area contributed by atoms with E-state index in [0.29, 0.717) is 43.5 Å². The summed E-state index contributed by atoms with van der Waals surface area (Å²) in [5, 5.41) is 2.07.